The van der Waals surface area contributed by atoms with Gasteiger partial charge < -0.3 is 9.73 Å². The molecule has 10 heteroatoms. The van der Waals surface area contributed by atoms with E-state index in [0.717, 1.165) is 38.9 Å². The Morgan fingerprint density at radius 1 is 1.05 bits per heavy atom. The van der Waals surface area contributed by atoms with Crippen LogP contribution in [0.1, 0.15) is 33.6 Å². The summed E-state index contributed by atoms with van der Waals surface area (Å²) < 4.78 is 5.80. The van der Waals surface area contributed by atoms with E-state index in [4.69, 9.17) is 4.42 Å². The minimum Gasteiger partial charge on any atom is -0.457 e. The Bertz CT molecular complexity index is 1480. The lowest BCUT2D eigenvalue weighted by atomic mass is 10.0. The van der Waals surface area contributed by atoms with Gasteiger partial charge in [0.05, 0.1) is 9.83 Å². The molecule has 0 radical (unpaired) electrons. The molecule has 9 nitrogen and oxygen atoms in total. The fourth-order valence-corrected chi connectivity index (χ4v) is 5.04. The van der Waals surface area contributed by atoms with Crippen molar-refractivity contribution in [3.05, 3.63) is 85.0 Å². The standard InChI is InChI=1S/C27H25N3O6S/c1-14-8-16(3)25(17(4)9-14)28-24(31)13-29-26(32)23(37-27(29)33)12-20-6-7-22(36-20)19-10-15(2)18(5)21(11-19)30(34)35/h6-12H,13H2,1-5H3,(H,28,31)/b23-12+. The maximum absolute atomic E-state index is 12.9. The number of furan rings is 1. The van der Waals surface area contributed by atoms with Crippen molar-refractivity contribution in [2.45, 2.75) is 34.6 Å². The van der Waals surface area contributed by atoms with E-state index in [2.05, 4.69) is 5.32 Å². The Morgan fingerprint density at radius 3 is 2.38 bits per heavy atom. The molecular formula is C27H25N3O6S. The van der Waals surface area contributed by atoms with E-state index in [9.17, 15) is 24.5 Å². The fourth-order valence-electron chi connectivity index (χ4n) is 4.22. The molecule has 37 heavy (non-hydrogen) atoms. The Labute approximate surface area is 217 Å². The summed E-state index contributed by atoms with van der Waals surface area (Å²) in [5, 5.41) is 13.6. The van der Waals surface area contributed by atoms with Crippen molar-refractivity contribution in [2.75, 3.05) is 11.9 Å². The molecule has 1 saturated heterocycles. The molecule has 1 aliphatic heterocycles. The van der Waals surface area contributed by atoms with E-state index < -0.39 is 28.5 Å². The van der Waals surface area contributed by atoms with Gasteiger partial charge in [0.25, 0.3) is 16.8 Å². The minimum atomic E-state index is -0.595. The van der Waals surface area contributed by atoms with Gasteiger partial charge in [0.1, 0.15) is 18.1 Å². The van der Waals surface area contributed by atoms with Crippen molar-refractivity contribution in [2.24, 2.45) is 0 Å². The van der Waals surface area contributed by atoms with Gasteiger partial charge in [-0.05, 0) is 81.3 Å². The number of aryl methyl sites for hydroxylation is 4. The summed E-state index contributed by atoms with van der Waals surface area (Å²) in [7, 11) is 0. The van der Waals surface area contributed by atoms with Crippen LogP contribution >= 0.6 is 11.8 Å². The fraction of sp³-hybridized carbons (Fsp3) is 0.222. The molecule has 0 aliphatic carbocycles. The van der Waals surface area contributed by atoms with Crippen LogP contribution in [0, 0.1) is 44.7 Å². The van der Waals surface area contributed by atoms with Crippen molar-refractivity contribution in [1.82, 2.24) is 4.90 Å². The number of carbonyl (C=O) groups is 3. The van der Waals surface area contributed by atoms with Crippen LogP contribution in [0.25, 0.3) is 17.4 Å². The number of imide groups is 1. The van der Waals surface area contributed by atoms with E-state index in [1.807, 2.05) is 32.9 Å². The van der Waals surface area contributed by atoms with Crippen molar-refractivity contribution < 1.29 is 23.7 Å². The molecular weight excluding hydrogens is 494 g/mol. The molecule has 1 aliphatic rings. The molecule has 1 aromatic heterocycles. The molecule has 0 saturated carbocycles. The number of amides is 3. The second-order valence-electron chi connectivity index (χ2n) is 8.99. The maximum atomic E-state index is 12.9. The quantitative estimate of drug-likeness (QED) is 0.238. The van der Waals surface area contributed by atoms with Crippen LogP contribution in [0.15, 0.2) is 45.7 Å². The van der Waals surface area contributed by atoms with Gasteiger partial charge in [0.15, 0.2) is 0 Å². The number of rotatable bonds is 6. The van der Waals surface area contributed by atoms with Crippen LogP contribution in [-0.2, 0) is 9.59 Å². The van der Waals surface area contributed by atoms with Crippen LogP contribution in [0.5, 0.6) is 0 Å². The number of nitro benzene ring substituents is 1. The first-order valence-electron chi connectivity index (χ1n) is 11.4. The number of nitro groups is 1. The summed E-state index contributed by atoms with van der Waals surface area (Å²) in [6.45, 7) is 8.78. The maximum Gasteiger partial charge on any atom is 0.294 e. The molecule has 1 N–H and O–H groups in total. The number of nitrogens with one attached hydrogen (secondary N) is 1. The highest BCUT2D eigenvalue weighted by Crippen LogP contribution is 2.35. The first kappa shape index (κ1) is 25.9. The first-order chi connectivity index (χ1) is 17.4. The molecule has 0 bridgehead atoms. The van der Waals surface area contributed by atoms with E-state index in [0.29, 0.717) is 28.3 Å². The third-order valence-corrected chi connectivity index (χ3v) is 7.05. The summed E-state index contributed by atoms with van der Waals surface area (Å²) >= 11 is 0.718. The molecule has 3 aromatic rings. The van der Waals surface area contributed by atoms with E-state index >= 15 is 0 Å². The van der Waals surface area contributed by atoms with E-state index in [1.165, 1.54) is 12.1 Å². The third-order valence-electron chi connectivity index (χ3n) is 6.14. The monoisotopic (exact) mass is 519 g/mol. The molecule has 1 fully saturated rings. The van der Waals surface area contributed by atoms with Crippen LogP contribution < -0.4 is 5.32 Å². The lowest BCUT2D eigenvalue weighted by Crippen LogP contribution is -2.36. The summed E-state index contributed by atoms with van der Waals surface area (Å²) in [5.74, 6) is -0.380. The smallest absolute Gasteiger partial charge is 0.294 e. The van der Waals surface area contributed by atoms with Gasteiger partial charge in [0.2, 0.25) is 5.91 Å². The Hall–Kier alpha value is -4.18. The minimum absolute atomic E-state index is 0.0108. The van der Waals surface area contributed by atoms with Gasteiger partial charge in [-0.15, -0.1) is 0 Å². The molecule has 0 atom stereocenters. The van der Waals surface area contributed by atoms with Gasteiger partial charge in [-0.3, -0.25) is 29.4 Å². The summed E-state index contributed by atoms with van der Waals surface area (Å²) in [6, 6.07) is 10.4. The average molecular weight is 520 g/mol. The predicted molar refractivity (Wildman–Crippen MR) is 142 cm³/mol. The highest BCUT2D eigenvalue weighted by molar-refractivity contribution is 8.18. The number of carbonyl (C=O) groups excluding carboxylic acids is 3. The van der Waals surface area contributed by atoms with Crippen LogP contribution in [0.3, 0.4) is 0 Å². The normalized spacial score (nSPS) is 14.5. The van der Waals surface area contributed by atoms with Crippen molar-refractivity contribution in [1.29, 1.82) is 0 Å². The summed E-state index contributed by atoms with van der Waals surface area (Å²) in [4.78, 5) is 50.0. The largest absolute Gasteiger partial charge is 0.457 e. The number of hydrogen-bond donors (Lipinski definition) is 1. The van der Waals surface area contributed by atoms with Crippen molar-refractivity contribution in [3.8, 4) is 11.3 Å². The second-order valence-corrected chi connectivity index (χ2v) is 9.98. The molecule has 4 rings (SSSR count). The Balaban J connectivity index is 1.50. The topological polar surface area (TPSA) is 123 Å². The number of anilines is 1. The number of hydrogen-bond acceptors (Lipinski definition) is 7. The highest BCUT2D eigenvalue weighted by atomic mass is 32.2. The SMILES string of the molecule is Cc1cc(C)c(NC(=O)CN2C(=O)S/C(=C/c3ccc(-c4cc(C)c(C)c([N+](=O)[O-])c4)o3)C2=O)c(C)c1. The van der Waals surface area contributed by atoms with Crippen LogP contribution in [0.2, 0.25) is 0 Å². The number of thioether (sulfide) groups is 1. The summed E-state index contributed by atoms with van der Waals surface area (Å²) in [6.07, 6.45) is 1.43. The number of benzene rings is 2. The zero-order valence-electron chi connectivity index (χ0n) is 21.0. The molecule has 0 unspecified atom stereocenters. The second kappa shape index (κ2) is 10.1. The van der Waals surface area contributed by atoms with Gasteiger partial charge in [-0.1, -0.05) is 17.7 Å². The molecule has 2 heterocycles. The van der Waals surface area contributed by atoms with Crippen molar-refractivity contribution >= 4 is 46.3 Å². The lowest BCUT2D eigenvalue weighted by molar-refractivity contribution is -0.385. The van der Waals surface area contributed by atoms with Crippen molar-refractivity contribution in [3.63, 3.8) is 0 Å². The summed E-state index contributed by atoms with van der Waals surface area (Å²) in [5.41, 5.74) is 5.35. The number of nitrogens with zero attached hydrogens (tertiary/aromatic N) is 2. The van der Waals surface area contributed by atoms with Crippen LogP contribution in [0.4, 0.5) is 16.2 Å². The highest BCUT2D eigenvalue weighted by Gasteiger charge is 2.36. The molecule has 190 valence electrons. The Morgan fingerprint density at radius 2 is 1.73 bits per heavy atom. The average Bonchev–Trinajstić information content (AvgIpc) is 3.38. The zero-order valence-corrected chi connectivity index (χ0v) is 21.8. The van der Waals surface area contributed by atoms with E-state index in [-0.39, 0.29) is 10.6 Å². The van der Waals surface area contributed by atoms with Gasteiger partial charge >= 0.3 is 0 Å². The van der Waals surface area contributed by atoms with Gasteiger partial charge in [0, 0.05) is 29.0 Å². The zero-order chi connectivity index (χ0) is 27.0. The van der Waals surface area contributed by atoms with Gasteiger partial charge in [-0.2, -0.15) is 0 Å². The third kappa shape index (κ3) is 5.34. The molecule has 2 aromatic carbocycles. The van der Waals surface area contributed by atoms with Gasteiger partial charge in [-0.25, -0.2) is 0 Å². The first-order valence-corrected chi connectivity index (χ1v) is 12.2. The Kier molecular flexibility index (Phi) is 7.04. The molecule has 3 amide bonds. The molecule has 0 spiro atoms. The predicted octanol–water partition coefficient (Wildman–Crippen LogP) is 6.07. The lowest BCUT2D eigenvalue weighted by Gasteiger charge is -2.15. The van der Waals surface area contributed by atoms with E-state index in [1.54, 1.807) is 32.0 Å². The van der Waals surface area contributed by atoms with Crippen LogP contribution in [-0.4, -0.2) is 33.4 Å².